The zero-order chi connectivity index (χ0) is 14.5. The molecule has 0 aliphatic rings. The molecule has 0 aliphatic heterocycles. The average Bonchev–Trinajstić information content (AvgIpc) is 2.46. The Morgan fingerprint density at radius 1 is 1.15 bits per heavy atom. The fraction of sp³-hybridized carbons (Fsp3) is 0.188. The van der Waals surface area contributed by atoms with Gasteiger partial charge in [0.1, 0.15) is 18.2 Å². The van der Waals surface area contributed by atoms with Crippen LogP contribution in [0.4, 0.5) is 4.39 Å². The number of carbonyl (C=O) groups excluding carboxylic acids is 1. The van der Waals surface area contributed by atoms with E-state index < -0.39 is 5.38 Å². The fourth-order valence-electron chi connectivity index (χ4n) is 1.69. The molecule has 2 nitrogen and oxygen atoms in total. The molecule has 0 spiro atoms. The summed E-state index contributed by atoms with van der Waals surface area (Å²) < 4.78 is 18.3. The standard InChI is InChI=1S/C16H14ClFO2/c1-11(17)16(19)13-4-8-15(9-5-13)20-10-12-2-6-14(18)7-3-12/h2-9,11H,10H2,1H3. The summed E-state index contributed by atoms with van der Waals surface area (Å²) in [5, 5.41) is -0.541. The van der Waals surface area contributed by atoms with Crippen molar-refractivity contribution in [3.8, 4) is 5.75 Å². The minimum absolute atomic E-state index is 0.114. The van der Waals surface area contributed by atoms with E-state index in [0.717, 1.165) is 5.56 Å². The molecule has 1 atom stereocenters. The van der Waals surface area contributed by atoms with Gasteiger partial charge in [-0.2, -0.15) is 0 Å². The summed E-state index contributed by atoms with van der Waals surface area (Å²) in [5.41, 5.74) is 1.43. The lowest BCUT2D eigenvalue weighted by molar-refractivity contribution is 0.0991. The van der Waals surface area contributed by atoms with Gasteiger partial charge in [0.2, 0.25) is 0 Å². The van der Waals surface area contributed by atoms with Crippen LogP contribution in [0, 0.1) is 5.82 Å². The van der Waals surface area contributed by atoms with E-state index in [-0.39, 0.29) is 11.6 Å². The molecular formula is C16H14ClFO2. The van der Waals surface area contributed by atoms with E-state index in [4.69, 9.17) is 16.3 Å². The van der Waals surface area contributed by atoms with Crippen molar-refractivity contribution >= 4 is 17.4 Å². The van der Waals surface area contributed by atoms with Crippen LogP contribution in [0.3, 0.4) is 0 Å². The van der Waals surface area contributed by atoms with Gasteiger partial charge in [-0.15, -0.1) is 11.6 Å². The molecule has 2 aromatic carbocycles. The quantitative estimate of drug-likeness (QED) is 0.609. The van der Waals surface area contributed by atoms with Crippen molar-refractivity contribution in [2.24, 2.45) is 0 Å². The Kier molecular flexibility index (Phi) is 4.74. The smallest absolute Gasteiger partial charge is 0.180 e. The highest BCUT2D eigenvalue weighted by Gasteiger charge is 2.11. The number of carbonyl (C=O) groups is 1. The summed E-state index contributed by atoms with van der Waals surface area (Å²) in [4.78, 5) is 11.7. The first kappa shape index (κ1) is 14.5. The Hall–Kier alpha value is -1.87. The predicted octanol–water partition coefficient (Wildman–Crippen LogP) is 4.21. The molecule has 0 amide bonds. The maximum absolute atomic E-state index is 12.8. The fourth-order valence-corrected chi connectivity index (χ4v) is 1.82. The summed E-state index contributed by atoms with van der Waals surface area (Å²) in [7, 11) is 0. The van der Waals surface area contributed by atoms with Crippen molar-refractivity contribution in [1.29, 1.82) is 0 Å². The van der Waals surface area contributed by atoms with Crippen LogP contribution in [0.2, 0.25) is 0 Å². The van der Waals surface area contributed by atoms with Crippen LogP contribution in [-0.2, 0) is 6.61 Å². The van der Waals surface area contributed by atoms with E-state index in [0.29, 0.717) is 17.9 Å². The van der Waals surface area contributed by atoms with Crippen molar-refractivity contribution < 1.29 is 13.9 Å². The number of hydrogen-bond donors (Lipinski definition) is 0. The lowest BCUT2D eigenvalue weighted by Gasteiger charge is -2.07. The number of benzene rings is 2. The molecule has 0 N–H and O–H groups in total. The molecule has 0 bridgehead atoms. The van der Waals surface area contributed by atoms with Gasteiger partial charge < -0.3 is 4.74 Å². The second kappa shape index (κ2) is 6.53. The molecular weight excluding hydrogens is 279 g/mol. The summed E-state index contributed by atoms with van der Waals surface area (Å²) in [6.45, 7) is 1.99. The van der Waals surface area contributed by atoms with E-state index in [2.05, 4.69) is 0 Å². The van der Waals surface area contributed by atoms with Crippen molar-refractivity contribution in [3.63, 3.8) is 0 Å². The van der Waals surface area contributed by atoms with Crippen LogP contribution >= 0.6 is 11.6 Å². The SMILES string of the molecule is CC(Cl)C(=O)c1ccc(OCc2ccc(F)cc2)cc1. The van der Waals surface area contributed by atoms with Crippen LogP contribution in [0.1, 0.15) is 22.8 Å². The van der Waals surface area contributed by atoms with E-state index in [9.17, 15) is 9.18 Å². The molecule has 104 valence electrons. The van der Waals surface area contributed by atoms with Gasteiger partial charge in [0, 0.05) is 5.56 Å². The normalized spacial score (nSPS) is 11.9. The van der Waals surface area contributed by atoms with E-state index in [1.807, 2.05) is 0 Å². The van der Waals surface area contributed by atoms with Gasteiger partial charge in [-0.05, 0) is 48.9 Å². The topological polar surface area (TPSA) is 26.3 Å². The van der Waals surface area contributed by atoms with Crippen molar-refractivity contribution in [2.75, 3.05) is 0 Å². The number of ketones is 1. The monoisotopic (exact) mass is 292 g/mol. The Morgan fingerprint density at radius 2 is 1.75 bits per heavy atom. The third kappa shape index (κ3) is 3.81. The summed E-state index contributed by atoms with van der Waals surface area (Å²) in [6.07, 6.45) is 0. The van der Waals surface area contributed by atoms with Crippen LogP contribution in [0.15, 0.2) is 48.5 Å². The molecule has 0 saturated heterocycles. The number of alkyl halides is 1. The highest BCUT2D eigenvalue weighted by atomic mass is 35.5. The third-order valence-electron chi connectivity index (χ3n) is 2.82. The van der Waals surface area contributed by atoms with E-state index in [1.54, 1.807) is 43.3 Å². The van der Waals surface area contributed by atoms with Crippen LogP contribution in [0.25, 0.3) is 0 Å². The Morgan fingerprint density at radius 3 is 2.30 bits per heavy atom. The van der Waals surface area contributed by atoms with Crippen LogP contribution in [-0.4, -0.2) is 11.2 Å². The van der Waals surface area contributed by atoms with Gasteiger partial charge >= 0.3 is 0 Å². The number of halogens is 2. The maximum Gasteiger partial charge on any atom is 0.180 e. The number of Topliss-reactive ketones (excluding diaryl/α,β-unsaturated/α-hetero) is 1. The minimum Gasteiger partial charge on any atom is -0.489 e. The highest BCUT2D eigenvalue weighted by molar-refractivity contribution is 6.33. The molecule has 2 rings (SSSR count). The first-order valence-electron chi connectivity index (χ1n) is 6.22. The first-order valence-corrected chi connectivity index (χ1v) is 6.65. The van der Waals surface area contributed by atoms with Crippen molar-refractivity contribution in [1.82, 2.24) is 0 Å². The highest BCUT2D eigenvalue weighted by Crippen LogP contribution is 2.16. The molecule has 0 radical (unpaired) electrons. The summed E-state index contributed by atoms with van der Waals surface area (Å²) in [6, 6.07) is 12.9. The largest absolute Gasteiger partial charge is 0.489 e. The van der Waals surface area contributed by atoms with Gasteiger partial charge in [0.05, 0.1) is 5.38 Å². The molecule has 1 unspecified atom stereocenters. The van der Waals surface area contributed by atoms with Gasteiger partial charge in [-0.1, -0.05) is 12.1 Å². The Balaban J connectivity index is 1.97. The lowest BCUT2D eigenvalue weighted by atomic mass is 10.1. The molecule has 0 aliphatic carbocycles. The van der Waals surface area contributed by atoms with Crippen molar-refractivity contribution in [2.45, 2.75) is 18.9 Å². The molecule has 2 aromatic rings. The molecule has 0 saturated carbocycles. The average molecular weight is 293 g/mol. The number of hydrogen-bond acceptors (Lipinski definition) is 2. The van der Waals surface area contributed by atoms with Crippen molar-refractivity contribution in [3.05, 3.63) is 65.5 Å². The summed E-state index contributed by atoms with van der Waals surface area (Å²) >= 11 is 5.75. The van der Waals surface area contributed by atoms with Crippen LogP contribution < -0.4 is 4.74 Å². The number of ether oxygens (including phenoxy) is 1. The van der Waals surface area contributed by atoms with E-state index >= 15 is 0 Å². The Bertz CT molecular complexity index is 576. The number of rotatable bonds is 5. The Labute approximate surface area is 122 Å². The minimum atomic E-state index is -0.541. The second-order valence-corrected chi connectivity index (χ2v) is 5.07. The summed E-state index contributed by atoms with van der Waals surface area (Å²) in [5.74, 6) is 0.261. The first-order chi connectivity index (χ1) is 9.56. The van der Waals surface area contributed by atoms with Crippen LogP contribution in [0.5, 0.6) is 5.75 Å². The predicted molar refractivity (Wildman–Crippen MR) is 76.8 cm³/mol. The second-order valence-electron chi connectivity index (χ2n) is 4.42. The van der Waals surface area contributed by atoms with Gasteiger partial charge in [-0.25, -0.2) is 4.39 Å². The molecule has 0 fully saturated rings. The lowest BCUT2D eigenvalue weighted by Crippen LogP contribution is -2.10. The molecule has 0 heterocycles. The molecule has 4 heteroatoms. The van der Waals surface area contributed by atoms with Gasteiger partial charge in [0.25, 0.3) is 0 Å². The maximum atomic E-state index is 12.8. The molecule has 20 heavy (non-hydrogen) atoms. The van der Waals surface area contributed by atoms with E-state index in [1.165, 1.54) is 12.1 Å². The zero-order valence-corrected chi connectivity index (χ0v) is 11.7. The zero-order valence-electron chi connectivity index (χ0n) is 11.0. The third-order valence-corrected chi connectivity index (χ3v) is 3.02. The van der Waals surface area contributed by atoms with Gasteiger partial charge in [0.15, 0.2) is 5.78 Å². The molecule has 0 aromatic heterocycles. The van der Waals surface area contributed by atoms with Gasteiger partial charge in [-0.3, -0.25) is 4.79 Å².